The fourth-order valence-corrected chi connectivity index (χ4v) is 2.19. The molecular formula is C17H20N2O. The van der Waals surface area contributed by atoms with Crippen LogP contribution in [0.15, 0.2) is 48.5 Å². The van der Waals surface area contributed by atoms with Crippen LogP contribution in [-0.4, -0.2) is 13.0 Å². The van der Waals surface area contributed by atoms with Gasteiger partial charge in [0.15, 0.2) is 0 Å². The van der Waals surface area contributed by atoms with Crippen LogP contribution in [-0.2, 0) is 17.8 Å². The molecule has 2 N–H and O–H groups in total. The number of nitrogens with one attached hydrogen (secondary N) is 2. The topological polar surface area (TPSA) is 41.1 Å². The highest BCUT2D eigenvalue weighted by Gasteiger charge is 2.07. The molecule has 0 aliphatic rings. The first kappa shape index (κ1) is 14.3. The zero-order chi connectivity index (χ0) is 14.4. The van der Waals surface area contributed by atoms with Crippen molar-refractivity contribution in [3.05, 3.63) is 65.2 Å². The van der Waals surface area contributed by atoms with E-state index in [1.807, 2.05) is 62.5 Å². The van der Waals surface area contributed by atoms with Gasteiger partial charge in [-0.05, 0) is 31.2 Å². The maximum atomic E-state index is 12.1. The normalized spacial score (nSPS) is 10.3. The lowest BCUT2D eigenvalue weighted by molar-refractivity contribution is -0.115. The lowest BCUT2D eigenvalue weighted by Gasteiger charge is -2.11. The summed E-state index contributed by atoms with van der Waals surface area (Å²) in [6.07, 6.45) is 0.398. The molecular weight excluding hydrogens is 248 g/mol. The maximum Gasteiger partial charge on any atom is 0.228 e. The van der Waals surface area contributed by atoms with Gasteiger partial charge in [-0.2, -0.15) is 0 Å². The zero-order valence-electron chi connectivity index (χ0n) is 11.9. The van der Waals surface area contributed by atoms with E-state index < -0.39 is 0 Å². The first-order chi connectivity index (χ1) is 9.69. The van der Waals surface area contributed by atoms with E-state index in [0.717, 1.165) is 23.4 Å². The number of hydrogen-bond acceptors (Lipinski definition) is 2. The Morgan fingerprint density at radius 1 is 1.10 bits per heavy atom. The van der Waals surface area contributed by atoms with Crippen LogP contribution in [0.5, 0.6) is 0 Å². The van der Waals surface area contributed by atoms with Gasteiger partial charge in [-0.25, -0.2) is 0 Å². The molecule has 0 heterocycles. The highest BCUT2D eigenvalue weighted by Crippen LogP contribution is 2.15. The second-order valence-electron chi connectivity index (χ2n) is 4.90. The van der Waals surface area contributed by atoms with Crippen LogP contribution in [0.1, 0.15) is 16.7 Å². The summed E-state index contributed by atoms with van der Waals surface area (Å²) >= 11 is 0. The number of carbonyl (C=O) groups is 1. The molecule has 3 nitrogen and oxygen atoms in total. The van der Waals surface area contributed by atoms with Crippen LogP contribution in [0.4, 0.5) is 5.69 Å². The standard InChI is InChI=1S/C17H20N2O/c1-13-6-5-7-14(10-13)11-17(20)19-16-9-4-3-8-15(16)12-18-2/h3-10,18H,11-12H2,1-2H3,(H,19,20). The number of amides is 1. The van der Waals surface area contributed by atoms with Gasteiger partial charge >= 0.3 is 0 Å². The molecule has 0 saturated carbocycles. The van der Waals surface area contributed by atoms with Crippen molar-refractivity contribution < 1.29 is 4.79 Å². The van der Waals surface area contributed by atoms with Crippen molar-refractivity contribution in [1.82, 2.24) is 5.32 Å². The van der Waals surface area contributed by atoms with Gasteiger partial charge in [-0.3, -0.25) is 4.79 Å². The second-order valence-corrected chi connectivity index (χ2v) is 4.90. The Hall–Kier alpha value is -2.13. The summed E-state index contributed by atoms with van der Waals surface area (Å²) in [6.45, 7) is 2.77. The van der Waals surface area contributed by atoms with Crippen molar-refractivity contribution in [2.24, 2.45) is 0 Å². The molecule has 0 bridgehead atoms. The lowest BCUT2D eigenvalue weighted by atomic mass is 10.1. The minimum Gasteiger partial charge on any atom is -0.325 e. The number of aryl methyl sites for hydroxylation is 1. The summed E-state index contributed by atoms with van der Waals surface area (Å²) in [7, 11) is 1.89. The van der Waals surface area contributed by atoms with Crippen molar-refractivity contribution in [3.63, 3.8) is 0 Å². The minimum absolute atomic E-state index is 0.0131. The molecule has 0 atom stereocenters. The van der Waals surface area contributed by atoms with E-state index in [9.17, 15) is 4.79 Å². The summed E-state index contributed by atoms with van der Waals surface area (Å²) in [5.41, 5.74) is 4.17. The number of hydrogen-bond donors (Lipinski definition) is 2. The van der Waals surface area contributed by atoms with E-state index in [0.29, 0.717) is 6.42 Å². The largest absolute Gasteiger partial charge is 0.325 e. The molecule has 0 saturated heterocycles. The molecule has 0 aromatic heterocycles. The first-order valence-electron chi connectivity index (χ1n) is 6.77. The van der Waals surface area contributed by atoms with Gasteiger partial charge in [0.2, 0.25) is 5.91 Å². The third-order valence-corrected chi connectivity index (χ3v) is 3.11. The molecule has 2 aromatic rings. The summed E-state index contributed by atoms with van der Waals surface area (Å²) in [4.78, 5) is 12.1. The highest BCUT2D eigenvalue weighted by molar-refractivity contribution is 5.93. The summed E-state index contributed by atoms with van der Waals surface area (Å²) in [5.74, 6) is 0.0131. The van der Waals surface area contributed by atoms with E-state index in [-0.39, 0.29) is 5.91 Å². The fraction of sp³-hybridized carbons (Fsp3) is 0.235. The van der Waals surface area contributed by atoms with Crippen LogP contribution in [0.3, 0.4) is 0 Å². The summed E-state index contributed by atoms with van der Waals surface area (Å²) in [5, 5.41) is 6.09. The average Bonchev–Trinajstić information content (AvgIpc) is 2.41. The van der Waals surface area contributed by atoms with Crippen molar-refractivity contribution in [2.45, 2.75) is 19.9 Å². The van der Waals surface area contributed by atoms with Gasteiger partial charge in [0.25, 0.3) is 0 Å². The van der Waals surface area contributed by atoms with Gasteiger partial charge < -0.3 is 10.6 Å². The lowest BCUT2D eigenvalue weighted by Crippen LogP contribution is -2.17. The smallest absolute Gasteiger partial charge is 0.228 e. The van der Waals surface area contributed by atoms with E-state index in [1.165, 1.54) is 5.56 Å². The van der Waals surface area contributed by atoms with E-state index in [2.05, 4.69) is 10.6 Å². The Kier molecular flexibility index (Phi) is 4.91. The van der Waals surface area contributed by atoms with Gasteiger partial charge in [0.05, 0.1) is 6.42 Å². The Bertz CT molecular complexity index is 593. The molecule has 2 aromatic carbocycles. The number of para-hydroxylation sites is 1. The second kappa shape index (κ2) is 6.87. The monoisotopic (exact) mass is 268 g/mol. The summed E-state index contributed by atoms with van der Waals surface area (Å²) in [6, 6.07) is 15.9. The molecule has 0 spiro atoms. The van der Waals surface area contributed by atoms with Crippen LogP contribution in [0, 0.1) is 6.92 Å². The summed E-state index contributed by atoms with van der Waals surface area (Å²) < 4.78 is 0. The number of anilines is 1. The Balaban J connectivity index is 2.05. The molecule has 3 heteroatoms. The molecule has 0 aliphatic heterocycles. The van der Waals surface area contributed by atoms with Crippen LogP contribution in [0.2, 0.25) is 0 Å². The van der Waals surface area contributed by atoms with Gasteiger partial charge in [-0.1, -0.05) is 48.0 Å². The predicted octanol–water partition coefficient (Wildman–Crippen LogP) is 2.90. The van der Waals surface area contributed by atoms with Crippen LogP contribution >= 0.6 is 0 Å². The first-order valence-corrected chi connectivity index (χ1v) is 6.77. The molecule has 0 unspecified atom stereocenters. The molecule has 20 heavy (non-hydrogen) atoms. The number of rotatable bonds is 5. The van der Waals surface area contributed by atoms with E-state index in [4.69, 9.17) is 0 Å². The van der Waals surface area contributed by atoms with Gasteiger partial charge in [0, 0.05) is 12.2 Å². The van der Waals surface area contributed by atoms with Gasteiger partial charge in [-0.15, -0.1) is 0 Å². The maximum absolute atomic E-state index is 12.1. The highest BCUT2D eigenvalue weighted by atomic mass is 16.1. The quantitative estimate of drug-likeness (QED) is 0.875. The Labute approximate surface area is 120 Å². The molecule has 2 rings (SSSR count). The van der Waals surface area contributed by atoms with E-state index in [1.54, 1.807) is 0 Å². The fourth-order valence-electron chi connectivity index (χ4n) is 2.19. The molecule has 0 fully saturated rings. The predicted molar refractivity (Wildman–Crippen MR) is 82.7 cm³/mol. The van der Waals surface area contributed by atoms with Crippen molar-refractivity contribution in [2.75, 3.05) is 12.4 Å². The van der Waals surface area contributed by atoms with Crippen molar-refractivity contribution >= 4 is 11.6 Å². The Morgan fingerprint density at radius 3 is 2.65 bits per heavy atom. The van der Waals surface area contributed by atoms with E-state index >= 15 is 0 Å². The minimum atomic E-state index is 0.0131. The Morgan fingerprint density at radius 2 is 1.90 bits per heavy atom. The number of carbonyl (C=O) groups excluding carboxylic acids is 1. The third-order valence-electron chi connectivity index (χ3n) is 3.11. The van der Waals surface area contributed by atoms with Gasteiger partial charge in [0.1, 0.15) is 0 Å². The third kappa shape index (κ3) is 3.93. The average molecular weight is 268 g/mol. The van der Waals surface area contributed by atoms with Crippen LogP contribution < -0.4 is 10.6 Å². The number of benzene rings is 2. The van der Waals surface area contributed by atoms with Crippen molar-refractivity contribution in [1.29, 1.82) is 0 Å². The molecule has 0 radical (unpaired) electrons. The zero-order valence-corrected chi connectivity index (χ0v) is 11.9. The van der Waals surface area contributed by atoms with Crippen LogP contribution in [0.25, 0.3) is 0 Å². The van der Waals surface area contributed by atoms with Crippen molar-refractivity contribution in [3.8, 4) is 0 Å². The SMILES string of the molecule is CNCc1ccccc1NC(=O)Cc1cccc(C)c1. The molecule has 0 aliphatic carbocycles. The molecule has 104 valence electrons. The molecule has 1 amide bonds.